The van der Waals surface area contributed by atoms with E-state index in [2.05, 4.69) is 0 Å². The Morgan fingerprint density at radius 2 is 2.05 bits per heavy atom. The van der Waals surface area contributed by atoms with Gasteiger partial charge in [0, 0.05) is 23.0 Å². The first kappa shape index (κ1) is 13.9. The number of Topliss-reactive ketones (excluding diaryl/α,β-unsaturated/α-hetero) is 1. The molecular weight excluding hydrogens is 257 g/mol. The van der Waals surface area contributed by atoms with E-state index < -0.39 is 24.8 Å². The highest BCUT2D eigenvalue weighted by Gasteiger charge is 2.33. The van der Waals surface area contributed by atoms with Crippen molar-refractivity contribution in [3.05, 3.63) is 29.3 Å². The Morgan fingerprint density at radius 1 is 1.37 bits per heavy atom. The Kier molecular flexibility index (Phi) is 3.32. The lowest BCUT2D eigenvalue weighted by Gasteiger charge is -2.15. The first-order chi connectivity index (χ1) is 8.69. The van der Waals surface area contributed by atoms with Crippen molar-refractivity contribution in [2.24, 2.45) is 0 Å². The third-order valence-electron chi connectivity index (χ3n) is 3.25. The zero-order valence-electron chi connectivity index (χ0n) is 10.8. The Labute approximate surface area is 109 Å². The van der Waals surface area contributed by atoms with Gasteiger partial charge in [-0.05, 0) is 18.2 Å². The van der Waals surface area contributed by atoms with E-state index in [0.29, 0.717) is 17.9 Å². The molecule has 1 aromatic carbocycles. The van der Waals surface area contributed by atoms with Crippen molar-refractivity contribution in [3.8, 4) is 5.75 Å². The molecule has 1 aliphatic rings. The Morgan fingerprint density at radius 3 is 2.68 bits per heavy atom. The van der Waals surface area contributed by atoms with Gasteiger partial charge in [0.1, 0.15) is 5.75 Å². The maximum Gasteiger partial charge on any atom is 0.389 e. The molecule has 0 aromatic heterocycles. The molecule has 0 unspecified atom stereocenters. The fraction of sp³-hybridized carbons (Fsp3) is 0.500. The molecule has 19 heavy (non-hydrogen) atoms. The largest absolute Gasteiger partial charge is 0.492 e. The number of hydrogen-bond donors (Lipinski definition) is 0. The third-order valence-corrected chi connectivity index (χ3v) is 3.25. The summed E-state index contributed by atoms with van der Waals surface area (Å²) in [6, 6.07) is 4.84. The van der Waals surface area contributed by atoms with Gasteiger partial charge < -0.3 is 4.74 Å². The summed E-state index contributed by atoms with van der Waals surface area (Å²) in [6.07, 6.45) is -5.89. The summed E-state index contributed by atoms with van der Waals surface area (Å²) in [4.78, 5) is 11.8. The van der Waals surface area contributed by atoms with Gasteiger partial charge in [-0.1, -0.05) is 13.8 Å². The lowest BCUT2D eigenvalue weighted by molar-refractivity contribution is -0.133. The van der Waals surface area contributed by atoms with Gasteiger partial charge in [-0.25, -0.2) is 0 Å². The quantitative estimate of drug-likeness (QED) is 0.780. The van der Waals surface area contributed by atoms with E-state index in [4.69, 9.17) is 4.74 Å². The summed E-state index contributed by atoms with van der Waals surface area (Å²) in [5, 5.41) is 0. The molecule has 5 heteroatoms. The monoisotopic (exact) mass is 272 g/mol. The fourth-order valence-electron chi connectivity index (χ4n) is 2.09. The van der Waals surface area contributed by atoms with Crippen molar-refractivity contribution in [1.82, 2.24) is 0 Å². The maximum atomic E-state index is 12.1. The van der Waals surface area contributed by atoms with Crippen LogP contribution in [0.3, 0.4) is 0 Å². The number of halogens is 3. The fourth-order valence-corrected chi connectivity index (χ4v) is 2.09. The summed E-state index contributed by atoms with van der Waals surface area (Å²) in [7, 11) is 0. The number of benzene rings is 1. The smallest absolute Gasteiger partial charge is 0.389 e. The van der Waals surface area contributed by atoms with Gasteiger partial charge in [0.2, 0.25) is 0 Å². The topological polar surface area (TPSA) is 26.3 Å². The predicted octanol–water partition coefficient (Wildman–Crippen LogP) is 3.88. The normalized spacial score (nSPS) is 16.9. The second-order valence-corrected chi connectivity index (χ2v) is 5.42. The van der Waals surface area contributed by atoms with Gasteiger partial charge in [-0.15, -0.1) is 0 Å². The van der Waals surface area contributed by atoms with Gasteiger partial charge in [0.25, 0.3) is 0 Å². The summed E-state index contributed by atoms with van der Waals surface area (Å²) in [6.45, 7) is 4.47. The van der Waals surface area contributed by atoms with Crippen molar-refractivity contribution < 1.29 is 22.7 Å². The van der Waals surface area contributed by atoms with Crippen LogP contribution in [-0.2, 0) is 5.41 Å². The van der Waals surface area contributed by atoms with E-state index in [1.807, 2.05) is 13.8 Å². The first-order valence-electron chi connectivity index (χ1n) is 6.06. The number of ketones is 1. The van der Waals surface area contributed by atoms with Gasteiger partial charge in [0.15, 0.2) is 5.78 Å². The third kappa shape index (κ3) is 3.08. The molecule has 0 saturated carbocycles. The summed E-state index contributed by atoms with van der Waals surface area (Å²) < 4.78 is 41.8. The second-order valence-electron chi connectivity index (χ2n) is 5.42. The van der Waals surface area contributed by atoms with E-state index in [1.54, 1.807) is 12.1 Å². The Balaban J connectivity index is 2.17. The van der Waals surface area contributed by atoms with Crippen LogP contribution < -0.4 is 4.74 Å². The van der Waals surface area contributed by atoms with Crippen LogP contribution >= 0.6 is 0 Å². The molecule has 1 heterocycles. The predicted molar refractivity (Wildman–Crippen MR) is 64.6 cm³/mol. The van der Waals surface area contributed by atoms with Crippen molar-refractivity contribution >= 4 is 5.78 Å². The standard InChI is InChI=1S/C14H15F3O2/c1-13(2)8-19-12-4-3-9(7-10(12)13)11(18)5-6-14(15,16)17/h3-4,7H,5-6,8H2,1-2H3. The number of carbonyl (C=O) groups is 1. The highest BCUT2D eigenvalue weighted by Crippen LogP contribution is 2.39. The van der Waals surface area contributed by atoms with Crippen LogP contribution in [0.5, 0.6) is 5.75 Å². The SMILES string of the molecule is CC1(C)COc2ccc(C(=O)CCC(F)(F)F)cc21. The lowest BCUT2D eigenvalue weighted by Crippen LogP contribution is -2.18. The van der Waals surface area contributed by atoms with Crippen LogP contribution in [0.4, 0.5) is 13.2 Å². The first-order valence-corrected chi connectivity index (χ1v) is 6.06. The van der Waals surface area contributed by atoms with Crippen molar-refractivity contribution in [1.29, 1.82) is 0 Å². The van der Waals surface area contributed by atoms with E-state index >= 15 is 0 Å². The zero-order valence-corrected chi connectivity index (χ0v) is 10.8. The molecule has 0 atom stereocenters. The molecule has 1 aromatic rings. The molecule has 2 nitrogen and oxygen atoms in total. The van der Waals surface area contributed by atoms with Gasteiger partial charge in [-0.2, -0.15) is 13.2 Å². The highest BCUT2D eigenvalue weighted by atomic mass is 19.4. The molecule has 0 spiro atoms. The molecule has 1 aliphatic heterocycles. The second kappa shape index (κ2) is 4.54. The number of rotatable bonds is 3. The van der Waals surface area contributed by atoms with E-state index in [1.165, 1.54) is 6.07 Å². The molecule has 0 saturated heterocycles. The highest BCUT2D eigenvalue weighted by molar-refractivity contribution is 5.96. The van der Waals surface area contributed by atoms with Crippen molar-refractivity contribution in [2.45, 2.75) is 38.3 Å². The average molecular weight is 272 g/mol. The number of fused-ring (bicyclic) bond motifs is 1. The molecule has 0 fully saturated rings. The van der Waals surface area contributed by atoms with Crippen molar-refractivity contribution in [3.63, 3.8) is 0 Å². The van der Waals surface area contributed by atoms with Crippen LogP contribution in [0, 0.1) is 0 Å². The van der Waals surface area contributed by atoms with E-state index in [0.717, 1.165) is 5.56 Å². The minimum atomic E-state index is -4.30. The van der Waals surface area contributed by atoms with Crippen LogP contribution in [-0.4, -0.2) is 18.6 Å². The molecule has 0 aliphatic carbocycles. The van der Waals surface area contributed by atoms with E-state index in [-0.39, 0.29) is 5.41 Å². The van der Waals surface area contributed by atoms with Crippen LogP contribution in [0.25, 0.3) is 0 Å². The van der Waals surface area contributed by atoms with Gasteiger partial charge in [0.05, 0.1) is 13.0 Å². The zero-order chi connectivity index (χ0) is 14.3. The molecule has 0 bridgehead atoms. The molecule has 2 rings (SSSR count). The van der Waals surface area contributed by atoms with Crippen LogP contribution in [0.15, 0.2) is 18.2 Å². The summed E-state index contributed by atoms with van der Waals surface area (Å²) >= 11 is 0. The number of ether oxygens (including phenoxy) is 1. The molecular formula is C14H15F3O2. The number of alkyl halides is 3. The van der Waals surface area contributed by atoms with Crippen LogP contribution in [0.1, 0.15) is 42.6 Å². The molecule has 104 valence electrons. The average Bonchev–Trinajstić information content (AvgIpc) is 2.61. The minimum absolute atomic E-state index is 0.213. The molecule has 0 N–H and O–H groups in total. The number of carbonyl (C=O) groups excluding carboxylic acids is 1. The lowest BCUT2D eigenvalue weighted by atomic mass is 9.85. The van der Waals surface area contributed by atoms with Gasteiger partial charge >= 0.3 is 6.18 Å². The summed E-state index contributed by atoms with van der Waals surface area (Å²) in [5.41, 5.74) is 0.988. The van der Waals surface area contributed by atoms with Crippen molar-refractivity contribution in [2.75, 3.05) is 6.61 Å². The molecule has 0 radical (unpaired) electrons. The van der Waals surface area contributed by atoms with Gasteiger partial charge in [-0.3, -0.25) is 4.79 Å². The van der Waals surface area contributed by atoms with E-state index in [9.17, 15) is 18.0 Å². The summed E-state index contributed by atoms with van der Waals surface area (Å²) in [5.74, 6) is 0.222. The minimum Gasteiger partial charge on any atom is -0.492 e. The Hall–Kier alpha value is -1.52. The number of hydrogen-bond acceptors (Lipinski definition) is 2. The molecule has 0 amide bonds. The maximum absolute atomic E-state index is 12.1. The van der Waals surface area contributed by atoms with Crippen LogP contribution in [0.2, 0.25) is 0 Å². The Bertz CT molecular complexity index is 504.